The highest BCUT2D eigenvalue weighted by Gasteiger charge is 2.15. The monoisotopic (exact) mass is 206 g/mol. The standard InChI is InChI=1S/C12H18N2O/c1-12(2,15-3)9-14-11(13)10-7-5-4-6-8-10/h4-8H,9H2,1-3H3,(H2,13,14). The van der Waals surface area contributed by atoms with Gasteiger partial charge in [0.25, 0.3) is 0 Å². The Labute approximate surface area is 91.0 Å². The Morgan fingerprint density at radius 2 is 1.93 bits per heavy atom. The zero-order chi connectivity index (χ0) is 11.3. The van der Waals surface area contributed by atoms with Crippen molar-refractivity contribution in [3.05, 3.63) is 35.9 Å². The highest BCUT2D eigenvalue weighted by atomic mass is 16.5. The first kappa shape index (κ1) is 11.7. The molecule has 3 nitrogen and oxygen atoms in total. The molecule has 0 aliphatic rings. The molecule has 0 aliphatic carbocycles. The van der Waals surface area contributed by atoms with Crippen LogP contribution in [0.2, 0.25) is 0 Å². The van der Waals surface area contributed by atoms with E-state index < -0.39 is 0 Å². The van der Waals surface area contributed by atoms with E-state index in [1.54, 1.807) is 7.11 Å². The quantitative estimate of drug-likeness (QED) is 0.603. The van der Waals surface area contributed by atoms with Crippen molar-refractivity contribution in [2.75, 3.05) is 13.7 Å². The first-order chi connectivity index (χ1) is 7.05. The van der Waals surface area contributed by atoms with Crippen molar-refractivity contribution in [1.29, 1.82) is 0 Å². The van der Waals surface area contributed by atoms with E-state index >= 15 is 0 Å². The van der Waals surface area contributed by atoms with Gasteiger partial charge in [-0.25, -0.2) is 0 Å². The molecule has 2 N–H and O–H groups in total. The predicted molar refractivity (Wildman–Crippen MR) is 63.1 cm³/mol. The first-order valence-corrected chi connectivity index (χ1v) is 4.96. The molecule has 0 atom stereocenters. The summed E-state index contributed by atoms with van der Waals surface area (Å²) in [5.74, 6) is 0.556. The molecular formula is C12H18N2O. The van der Waals surface area contributed by atoms with Gasteiger partial charge in [-0.3, -0.25) is 4.99 Å². The maximum atomic E-state index is 5.85. The van der Waals surface area contributed by atoms with Crippen molar-refractivity contribution in [3.8, 4) is 0 Å². The van der Waals surface area contributed by atoms with Gasteiger partial charge in [0.05, 0.1) is 12.1 Å². The fourth-order valence-corrected chi connectivity index (χ4v) is 1.04. The van der Waals surface area contributed by atoms with Crippen LogP contribution in [0.3, 0.4) is 0 Å². The lowest BCUT2D eigenvalue weighted by Gasteiger charge is -2.20. The summed E-state index contributed by atoms with van der Waals surface area (Å²) in [5, 5.41) is 0. The summed E-state index contributed by atoms with van der Waals surface area (Å²) in [6.45, 7) is 4.52. The topological polar surface area (TPSA) is 47.6 Å². The minimum atomic E-state index is -0.264. The molecule has 0 bridgehead atoms. The molecule has 0 aliphatic heterocycles. The van der Waals surface area contributed by atoms with Crippen LogP contribution < -0.4 is 5.73 Å². The van der Waals surface area contributed by atoms with Crippen LogP contribution in [-0.2, 0) is 4.74 Å². The van der Waals surface area contributed by atoms with Crippen molar-refractivity contribution in [3.63, 3.8) is 0 Å². The van der Waals surface area contributed by atoms with Crippen molar-refractivity contribution in [2.24, 2.45) is 10.7 Å². The second-order valence-corrected chi connectivity index (χ2v) is 4.03. The van der Waals surface area contributed by atoms with E-state index in [1.165, 1.54) is 0 Å². The second-order valence-electron chi connectivity index (χ2n) is 4.03. The van der Waals surface area contributed by atoms with E-state index in [-0.39, 0.29) is 5.60 Å². The van der Waals surface area contributed by atoms with Gasteiger partial charge in [-0.15, -0.1) is 0 Å². The van der Waals surface area contributed by atoms with E-state index in [1.807, 2.05) is 44.2 Å². The third kappa shape index (κ3) is 3.72. The molecule has 0 unspecified atom stereocenters. The number of methoxy groups -OCH3 is 1. The summed E-state index contributed by atoms with van der Waals surface area (Å²) in [4.78, 5) is 4.31. The molecule has 15 heavy (non-hydrogen) atoms. The van der Waals surface area contributed by atoms with Crippen LogP contribution in [0.5, 0.6) is 0 Å². The minimum Gasteiger partial charge on any atom is -0.384 e. The highest BCUT2D eigenvalue weighted by molar-refractivity contribution is 5.97. The van der Waals surface area contributed by atoms with E-state index in [2.05, 4.69) is 4.99 Å². The Balaban J connectivity index is 2.69. The number of hydrogen-bond donors (Lipinski definition) is 1. The van der Waals surface area contributed by atoms with E-state index in [0.717, 1.165) is 5.56 Å². The van der Waals surface area contributed by atoms with E-state index in [0.29, 0.717) is 12.4 Å². The van der Waals surface area contributed by atoms with Crippen molar-refractivity contribution >= 4 is 5.84 Å². The van der Waals surface area contributed by atoms with E-state index in [4.69, 9.17) is 10.5 Å². The van der Waals surface area contributed by atoms with Crippen LogP contribution in [-0.4, -0.2) is 25.1 Å². The van der Waals surface area contributed by atoms with Gasteiger partial charge >= 0.3 is 0 Å². The van der Waals surface area contributed by atoms with Gasteiger partial charge in [0, 0.05) is 12.7 Å². The number of nitrogens with two attached hydrogens (primary N) is 1. The summed E-state index contributed by atoms with van der Waals surface area (Å²) < 4.78 is 5.26. The fourth-order valence-electron chi connectivity index (χ4n) is 1.04. The molecule has 1 rings (SSSR count). The zero-order valence-electron chi connectivity index (χ0n) is 9.53. The SMILES string of the molecule is COC(C)(C)CN=C(N)c1ccccc1. The molecule has 1 aromatic rings. The molecular weight excluding hydrogens is 188 g/mol. The number of benzene rings is 1. The van der Waals surface area contributed by atoms with Gasteiger partial charge in [-0.1, -0.05) is 30.3 Å². The van der Waals surface area contributed by atoms with Crippen molar-refractivity contribution in [1.82, 2.24) is 0 Å². The minimum absolute atomic E-state index is 0.264. The zero-order valence-corrected chi connectivity index (χ0v) is 9.53. The largest absolute Gasteiger partial charge is 0.384 e. The number of hydrogen-bond acceptors (Lipinski definition) is 2. The Morgan fingerprint density at radius 3 is 2.47 bits per heavy atom. The van der Waals surface area contributed by atoms with Crippen LogP contribution in [0.1, 0.15) is 19.4 Å². The third-order valence-corrected chi connectivity index (χ3v) is 2.25. The van der Waals surface area contributed by atoms with Gasteiger partial charge in [-0.2, -0.15) is 0 Å². The van der Waals surface area contributed by atoms with Gasteiger partial charge in [0.1, 0.15) is 5.84 Å². The molecule has 0 saturated heterocycles. The lowest BCUT2D eigenvalue weighted by molar-refractivity contribution is 0.0312. The number of amidine groups is 1. The fraction of sp³-hybridized carbons (Fsp3) is 0.417. The number of rotatable bonds is 4. The molecule has 0 aromatic heterocycles. The maximum Gasteiger partial charge on any atom is 0.125 e. The van der Waals surface area contributed by atoms with Gasteiger partial charge in [0.2, 0.25) is 0 Å². The average Bonchev–Trinajstić information content (AvgIpc) is 2.27. The van der Waals surface area contributed by atoms with E-state index in [9.17, 15) is 0 Å². The summed E-state index contributed by atoms with van der Waals surface area (Å²) >= 11 is 0. The Kier molecular flexibility index (Phi) is 3.86. The van der Waals surface area contributed by atoms with Crippen molar-refractivity contribution < 1.29 is 4.74 Å². The molecule has 0 fully saturated rings. The average molecular weight is 206 g/mol. The summed E-state index contributed by atoms with van der Waals surface area (Å²) in [7, 11) is 1.67. The number of ether oxygens (including phenoxy) is 1. The Bertz CT molecular complexity index is 331. The normalized spacial score (nSPS) is 12.9. The lowest BCUT2D eigenvalue weighted by atomic mass is 10.1. The molecule has 0 amide bonds. The highest BCUT2D eigenvalue weighted by Crippen LogP contribution is 2.08. The predicted octanol–water partition coefficient (Wildman–Crippen LogP) is 1.82. The maximum absolute atomic E-state index is 5.85. The summed E-state index contributed by atoms with van der Waals surface area (Å²) in [6, 6.07) is 9.73. The van der Waals surface area contributed by atoms with Crippen LogP contribution in [0.25, 0.3) is 0 Å². The number of nitrogens with zero attached hydrogens (tertiary/aromatic N) is 1. The molecule has 0 spiro atoms. The second kappa shape index (κ2) is 4.94. The molecule has 1 aromatic carbocycles. The third-order valence-electron chi connectivity index (χ3n) is 2.25. The first-order valence-electron chi connectivity index (χ1n) is 4.96. The van der Waals surface area contributed by atoms with Crippen LogP contribution in [0.15, 0.2) is 35.3 Å². The lowest BCUT2D eigenvalue weighted by Crippen LogP contribution is -2.28. The molecule has 0 heterocycles. The van der Waals surface area contributed by atoms with Gasteiger partial charge in [-0.05, 0) is 13.8 Å². The summed E-state index contributed by atoms with van der Waals surface area (Å²) in [6.07, 6.45) is 0. The molecule has 0 radical (unpaired) electrons. The van der Waals surface area contributed by atoms with Gasteiger partial charge < -0.3 is 10.5 Å². The number of aliphatic imine (C=N–C) groups is 1. The smallest absolute Gasteiger partial charge is 0.125 e. The van der Waals surface area contributed by atoms with Crippen molar-refractivity contribution in [2.45, 2.75) is 19.4 Å². The molecule has 82 valence electrons. The van der Waals surface area contributed by atoms with Crippen LogP contribution >= 0.6 is 0 Å². The Morgan fingerprint density at radius 1 is 1.33 bits per heavy atom. The molecule has 0 saturated carbocycles. The van der Waals surface area contributed by atoms with Gasteiger partial charge in [0.15, 0.2) is 0 Å². The Hall–Kier alpha value is -1.35. The molecule has 3 heteroatoms. The summed E-state index contributed by atoms with van der Waals surface area (Å²) in [5.41, 5.74) is 6.54. The van der Waals surface area contributed by atoms with Crippen LogP contribution in [0, 0.1) is 0 Å². The van der Waals surface area contributed by atoms with Crippen LogP contribution in [0.4, 0.5) is 0 Å².